The molecule has 3 aromatic rings. The Kier molecular flexibility index (Phi) is 7.07. The van der Waals surface area contributed by atoms with E-state index in [9.17, 15) is 4.21 Å². The largest absolute Gasteiger partial charge is 0.383 e. The number of benzene rings is 1. The fourth-order valence-corrected chi connectivity index (χ4v) is 6.14. The van der Waals surface area contributed by atoms with Gasteiger partial charge in [0.2, 0.25) is 0 Å². The van der Waals surface area contributed by atoms with Crippen LogP contribution in [0.1, 0.15) is 16.8 Å². The molecule has 0 radical (unpaired) electrons. The van der Waals surface area contributed by atoms with Crippen molar-refractivity contribution in [1.29, 1.82) is 0 Å². The van der Waals surface area contributed by atoms with Gasteiger partial charge in [-0.3, -0.25) is 0 Å². The third-order valence-electron chi connectivity index (χ3n) is 3.68. The van der Waals surface area contributed by atoms with Crippen molar-refractivity contribution in [2.24, 2.45) is 0 Å². The lowest BCUT2D eigenvalue weighted by Crippen LogP contribution is -2.22. The van der Waals surface area contributed by atoms with Gasteiger partial charge in [-0.15, -0.1) is 22.7 Å². The number of hydrogen-bond acceptors (Lipinski definition) is 7. The highest BCUT2D eigenvalue weighted by Crippen LogP contribution is 2.38. The molecule has 3 rings (SSSR count). The Morgan fingerprint density at radius 3 is 3.00 bits per heavy atom. The van der Waals surface area contributed by atoms with Crippen molar-refractivity contribution in [3.8, 4) is 0 Å². The van der Waals surface area contributed by atoms with Crippen LogP contribution in [0, 0.1) is 13.8 Å². The van der Waals surface area contributed by atoms with Gasteiger partial charge in [0.15, 0.2) is 5.13 Å². The second-order valence-electron chi connectivity index (χ2n) is 5.74. The molecular formula is C17H21N3O2S4. The number of rotatable bonds is 9. The van der Waals surface area contributed by atoms with Crippen molar-refractivity contribution in [2.75, 3.05) is 25.0 Å². The molecule has 2 aromatic heterocycles. The number of hydrogen-bond donors (Lipinski definition) is 2. The number of thiophene rings is 1. The van der Waals surface area contributed by atoms with Crippen LogP contribution in [0.15, 0.2) is 27.8 Å². The highest BCUT2D eigenvalue weighted by atomic mass is 32.2. The molecule has 0 saturated carbocycles. The lowest BCUT2D eigenvalue weighted by atomic mass is 10.1. The Balaban J connectivity index is 1.58. The van der Waals surface area contributed by atoms with Crippen molar-refractivity contribution in [1.82, 2.24) is 9.71 Å². The first-order chi connectivity index (χ1) is 12.6. The predicted molar refractivity (Wildman–Crippen MR) is 115 cm³/mol. The number of thiazole rings is 1. The van der Waals surface area contributed by atoms with Crippen LogP contribution in [0.5, 0.6) is 0 Å². The van der Waals surface area contributed by atoms with E-state index in [0.717, 1.165) is 10.8 Å². The fourth-order valence-electron chi connectivity index (χ4n) is 2.36. The summed E-state index contributed by atoms with van der Waals surface area (Å²) in [4.78, 5) is 4.52. The summed E-state index contributed by atoms with van der Waals surface area (Å²) in [6.45, 7) is 5.39. The first-order valence-corrected chi connectivity index (χ1v) is 11.9. The van der Waals surface area contributed by atoms with E-state index in [4.69, 9.17) is 4.74 Å². The molecule has 2 N–H and O–H groups in total. The number of nitrogens with one attached hydrogen (secondary N) is 2. The molecule has 1 unspecified atom stereocenters. The van der Waals surface area contributed by atoms with Gasteiger partial charge in [-0.1, -0.05) is 17.7 Å². The van der Waals surface area contributed by atoms with Crippen LogP contribution in [0.2, 0.25) is 0 Å². The molecule has 0 saturated heterocycles. The second kappa shape index (κ2) is 9.29. The number of fused-ring (bicyclic) bond motifs is 1. The van der Waals surface area contributed by atoms with E-state index in [0.29, 0.717) is 18.9 Å². The summed E-state index contributed by atoms with van der Waals surface area (Å²) in [5.41, 5.74) is 3.40. The van der Waals surface area contributed by atoms with E-state index in [-0.39, 0.29) is 0 Å². The molecule has 5 nitrogen and oxygen atoms in total. The summed E-state index contributed by atoms with van der Waals surface area (Å²) in [5.74, 6) is 0.397. The number of aryl methyl sites for hydroxylation is 2. The quantitative estimate of drug-likeness (QED) is 0.389. The molecule has 0 bridgehead atoms. The van der Waals surface area contributed by atoms with E-state index in [2.05, 4.69) is 46.5 Å². The Morgan fingerprint density at radius 2 is 2.19 bits per heavy atom. The summed E-state index contributed by atoms with van der Waals surface area (Å²) >= 11 is 4.91. The number of anilines is 1. The van der Waals surface area contributed by atoms with E-state index in [1.807, 2.05) is 5.38 Å². The van der Waals surface area contributed by atoms with E-state index >= 15 is 0 Å². The third-order valence-corrected chi connectivity index (χ3v) is 8.05. The van der Waals surface area contributed by atoms with Gasteiger partial charge >= 0.3 is 0 Å². The van der Waals surface area contributed by atoms with Gasteiger partial charge in [0.05, 0.1) is 33.2 Å². The monoisotopic (exact) mass is 427 g/mol. The number of nitrogens with zero attached hydrogens (tertiary/aromatic N) is 1. The standard InChI is InChI=1S/C17H21N3O2S4/c1-11-4-5-15-14(8-11)12(2)16(24-15)25-20-17-19-13(9-23-17)10-26(21)18-6-7-22-3/h4-5,8-9,18H,6-7,10H2,1-3H3,(H,19,20). The molecule has 0 aliphatic rings. The average Bonchev–Trinajstić information content (AvgIpc) is 3.18. The molecule has 0 aliphatic heterocycles. The summed E-state index contributed by atoms with van der Waals surface area (Å²) in [6.07, 6.45) is 0. The van der Waals surface area contributed by atoms with Gasteiger partial charge in [0.1, 0.15) is 0 Å². The van der Waals surface area contributed by atoms with Gasteiger partial charge in [-0.25, -0.2) is 13.9 Å². The molecule has 0 aliphatic carbocycles. The summed E-state index contributed by atoms with van der Waals surface area (Å²) in [5, 5.41) is 4.09. The fraction of sp³-hybridized carbons (Fsp3) is 0.353. The Bertz CT molecular complexity index is 907. The van der Waals surface area contributed by atoms with Gasteiger partial charge in [-0.05, 0) is 42.8 Å². The van der Waals surface area contributed by atoms with Gasteiger partial charge in [-0.2, -0.15) is 0 Å². The number of methoxy groups -OCH3 is 1. The molecule has 1 aromatic carbocycles. The molecule has 0 amide bonds. The predicted octanol–water partition coefficient (Wildman–Crippen LogP) is 4.49. The normalized spacial score (nSPS) is 12.6. The highest BCUT2D eigenvalue weighted by molar-refractivity contribution is 8.02. The van der Waals surface area contributed by atoms with Crippen molar-refractivity contribution in [3.63, 3.8) is 0 Å². The smallest absolute Gasteiger partial charge is 0.193 e. The summed E-state index contributed by atoms with van der Waals surface area (Å²) < 4.78 is 25.6. The van der Waals surface area contributed by atoms with Gasteiger partial charge in [0.25, 0.3) is 0 Å². The van der Waals surface area contributed by atoms with Crippen LogP contribution < -0.4 is 9.44 Å². The van der Waals surface area contributed by atoms with Gasteiger partial charge < -0.3 is 9.46 Å². The highest BCUT2D eigenvalue weighted by Gasteiger charge is 2.11. The zero-order chi connectivity index (χ0) is 18.5. The molecule has 140 valence electrons. The van der Waals surface area contributed by atoms with Crippen LogP contribution in [0.25, 0.3) is 10.1 Å². The minimum Gasteiger partial charge on any atom is -0.383 e. The zero-order valence-corrected chi connectivity index (χ0v) is 18.1. The van der Waals surface area contributed by atoms with Crippen LogP contribution in [-0.4, -0.2) is 29.5 Å². The van der Waals surface area contributed by atoms with Crippen molar-refractivity contribution in [2.45, 2.75) is 23.8 Å². The Hall–Kier alpha value is -0.970. The molecule has 26 heavy (non-hydrogen) atoms. The summed E-state index contributed by atoms with van der Waals surface area (Å²) in [6, 6.07) is 6.56. The van der Waals surface area contributed by atoms with Crippen LogP contribution in [0.3, 0.4) is 0 Å². The SMILES string of the molecule is COCCNS(=O)Cc1csc(NSc2sc3ccc(C)cc3c2C)n1. The maximum absolute atomic E-state index is 11.9. The van der Waals surface area contributed by atoms with E-state index < -0.39 is 11.0 Å². The molecule has 0 spiro atoms. The minimum atomic E-state index is -1.13. The summed E-state index contributed by atoms with van der Waals surface area (Å²) in [7, 11) is 0.491. The van der Waals surface area contributed by atoms with Crippen LogP contribution in [0.4, 0.5) is 5.13 Å². The first kappa shape index (κ1) is 19.8. The maximum atomic E-state index is 11.9. The number of aromatic nitrogens is 1. The van der Waals surface area contributed by atoms with Crippen LogP contribution in [-0.2, 0) is 21.5 Å². The maximum Gasteiger partial charge on any atom is 0.193 e. The average molecular weight is 428 g/mol. The Labute approximate surface area is 168 Å². The lowest BCUT2D eigenvalue weighted by molar-refractivity contribution is 0.205. The third kappa shape index (κ3) is 5.05. The first-order valence-electron chi connectivity index (χ1n) is 8.04. The molecule has 1 atom stereocenters. The van der Waals surface area contributed by atoms with Crippen molar-refractivity contribution < 1.29 is 8.95 Å². The van der Waals surface area contributed by atoms with E-state index in [1.165, 1.54) is 36.8 Å². The van der Waals surface area contributed by atoms with Crippen molar-refractivity contribution in [3.05, 3.63) is 40.4 Å². The number of ether oxygens (including phenoxy) is 1. The van der Waals surface area contributed by atoms with Gasteiger partial charge in [0, 0.05) is 23.7 Å². The molecule has 2 heterocycles. The lowest BCUT2D eigenvalue weighted by Gasteiger charge is -2.02. The minimum absolute atomic E-state index is 0.397. The zero-order valence-electron chi connectivity index (χ0n) is 14.8. The van der Waals surface area contributed by atoms with Crippen molar-refractivity contribution >= 4 is 60.8 Å². The molecular weight excluding hydrogens is 406 g/mol. The molecule has 9 heteroatoms. The Morgan fingerprint density at radius 1 is 1.35 bits per heavy atom. The second-order valence-corrected chi connectivity index (χ2v) is 9.99. The molecule has 0 fully saturated rings. The van der Waals surface area contributed by atoms with Crippen LogP contribution >= 0.6 is 34.6 Å². The topological polar surface area (TPSA) is 63.2 Å². The van der Waals surface area contributed by atoms with E-state index in [1.54, 1.807) is 30.4 Å².